The molecule has 1 atom stereocenters. The van der Waals surface area contributed by atoms with Gasteiger partial charge in [-0.15, -0.1) is 0 Å². The van der Waals surface area contributed by atoms with E-state index >= 15 is 0 Å². The Kier molecular flexibility index (Phi) is 3.76. The van der Waals surface area contributed by atoms with E-state index in [4.69, 9.17) is 9.47 Å². The fourth-order valence-electron chi connectivity index (χ4n) is 1.89. The zero-order valence-electron chi connectivity index (χ0n) is 10.2. The maximum atomic E-state index is 13.1. The van der Waals surface area contributed by atoms with Gasteiger partial charge in [-0.25, -0.2) is 4.39 Å². The van der Waals surface area contributed by atoms with Gasteiger partial charge in [0.25, 0.3) is 0 Å². The molecule has 0 aromatic heterocycles. The van der Waals surface area contributed by atoms with Crippen molar-refractivity contribution in [1.82, 2.24) is 5.32 Å². The predicted octanol–water partition coefficient (Wildman–Crippen LogP) is 2.24. The largest absolute Gasteiger partial charge is 0.347 e. The average Bonchev–Trinajstić information content (AvgIpc) is 2.74. The molecule has 1 aliphatic rings. The highest BCUT2D eigenvalue weighted by atomic mass is 19.1. The number of benzene rings is 1. The zero-order valence-corrected chi connectivity index (χ0v) is 10.2. The molecule has 94 valence electrons. The molecule has 2 rings (SSSR count). The van der Waals surface area contributed by atoms with Crippen molar-refractivity contribution in [1.29, 1.82) is 0 Å². The van der Waals surface area contributed by atoms with Gasteiger partial charge in [0.2, 0.25) is 0 Å². The number of halogens is 1. The summed E-state index contributed by atoms with van der Waals surface area (Å²) in [5.41, 5.74) is 0.923. The van der Waals surface area contributed by atoms with Gasteiger partial charge in [0.15, 0.2) is 5.79 Å². The SMILES string of the molecule is CC(NCC1(C)OCCO1)c1cccc(F)c1. The quantitative estimate of drug-likeness (QED) is 0.874. The minimum Gasteiger partial charge on any atom is -0.347 e. The van der Waals surface area contributed by atoms with Crippen LogP contribution in [0, 0.1) is 5.82 Å². The van der Waals surface area contributed by atoms with Crippen LogP contribution in [-0.4, -0.2) is 25.5 Å². The number of ether oxygens (including phenoxy) is 2. The van der Waals surface area contributed by atoms with Crippen LogP contribution in [0.5, 0.6) is 0 Å². The lowest BCUT2D eigenvalue weighted by Gasteiger charge is -2.25. The topological polar surface area (TPSA) is 30.5 Å². The Morgan fingerprint density at radius 2 is 2.12 bits per heavy atom. The third-order valence-corrected chi connectivity index (χ3v) is 2.98. The molecule has 0 aliphatic carbocycles. The van der Waals surface area contributed by atoms with E-state index in [2.05, 4.69) is 5.32 Å². The van der Waals surface area contributed by atoms with Crippen LogP contribution >= 0.6 is 0 Å². The molecule has 0 spiro atoms. The van der Waals surface area contributed by atoms with Gasteiger partial charge in [-0.05, 0) is 31.5 Å². The summed E-state index contributed by atoms with van der Waals surface area (Å²) in [6.45, 7) is 5.75. The summed E-state index contributed by atoms with van der Waals surface area (Å²) >= 11 is 0. The summed E-state index contributed by atoms with van der Waals surface area (Å²) in [5, 5.41) is 3.29. The first-order valence-corrected chi connectivity index (χ1v) is 5.86. The minimum atomic E-state index is -0.554. The Morgan fingerprint density at radius 1 is 1.41 bits per heavy atom. The fourth-order valence-corrected chi connectivity index (χ4v) is 1.89. The van der Waals surface area contributed by atoms with Crippen molar-refractivity contribution in [2.45, 2.75) is 25.7 Å². The van der Waals surface area contributed by atoms with Crippen molar-refractivity contribution < 1.29 is 13.9 Å². The first-order chi connectivity index (χ1) is 8.09. The van der Waals surface area contributed by atoms with E-state index in [0.717, 1.165) is 5.56 Å². The van der Waals surface area contributed by atoms with E-state index < -0.39 is 5.79 Å². The Balaban J connectivity index is 1.91. The molecule has 4 heteroatoms. The number of hydrogen-bond donors (Lipinski definition) is 1. The second kappa shape index (κ2) is 5.12. The highest BCUT2D eigenvalue weighted by molar-refractivity contribution is 5.19. The van der Waals surface area contributed by atoms with Crippen LogP contribution in [0.15, 0.2) is 24.3 Å². The monoisotopic (exact) mass is 239 g/mol. The van der Waals surface area contributed by atoms with Crippen LogP contribution < -0.4 is 5.32 Å². The van der Waals surface area contributed by atoms with Gasteiger partial charge in [0.05, 0.1) is 13.2 Å². The van der Waals surface area contributed by atoms with Crippen LogP contribution in [0.25, 0.3) is 0 Å². The third-order valence-electron chi connectivity index (χ3n) is 2.98. The number of hydrogen-bond acceptors (Lipinski definition) is 3. The molecule has 1 aliphatic heterocycles. The Hall–Kier alpha value is -0.970. The smallest absolute Gasteiger partial charge is 0.178 e. The van der Waals surface area contributed by atoms with Gasteiger partial charge in [-0.2, -0.15) is 0 Å². The molecular weight excluding hydrogens is 221 g/mol. The summed E-state index contributed by atoms with van der Waals surface area (Å²) in [6.07, 6.45) is 0. The first-order valence-electron chi connectivity index (χ1n) is 5.86. The molecule has 17 heavy (non-hydrogen) atoms. The maximum absolute atomic E-state index is 13.1. The van der Waals surface area contributed by atoms with Gasteiger partial charge in [0, 0.05) is 12.6 Å². The molecule has 1 heterocycles. The lowest BCUT2D eigenvalue weighted by molar-refractivity contribution is -0.139. The van der Waals surface area contributed by atoms with Gasteiger partial charge in [-0.1, -0.05) is 12.1 Å². The van der Waals surface area contributed by atoms with Gasteiger partial charge < -0.3 is 14.8 Å². The molecule has 0 saturated carbocycles. The second-order valence-electron chi connectivity index (χ2n) is 4.49. The van der Waals surface area contributed by atoms with Gasteiger partial charge in [-0.3, -0.25) is 0 Å². The zero-order chi connectivity index (χ0) is 12.3. The Labute approximate surface area is 101 Å². The van der Waals surface area contributed by atoms with E-state index in [9.17, 15) is 4.39 Å². The number of rotatable bonds is 4. The highest BCUT2D eigenvalue weighted by Gasteiger charge is 2.30. The molecule has 0 bridgehead atoms. The van der Waals surface area contributed by atoms with Crippen LogP contribution in [0.3, 0.4) is 0 Å². The summed E-state index contributed by atoms with van der Waals surface area (Å²) in [6, 6.07) is 6.67. The summed E-state index contributed by atoms with van der Waals surface area (Å²) < 4.78 is 24.1. The first kappa shape index (κ1) is 12.5. The maximum Gasteiger partial charge on any atom is 0.178 e. The third kappa shape index (κ3) is 3.25. The van der Waals surface area contributed by atoms with Gasteiger partial charge in [0.1, 0.15) is 5.82 Å². The molecule has 1 N–H and O–H groups in total. The molecule has 3 nitrogen and oxygen atoms in total. The van der Waals surface area contributed by atoms with E-state index in [1.54, 1.807) is 6.07 Å². The van der Waals surface area contributed by atoms with Crippen molar-refractivity contribution in [2.75, 3.05) is 19.8 Å². The second-order valence-corrected chi connectivity index (χ2v) is 4.49. The van der Waals surface area contributed by atoms with E-state index in [-0.39, 0.29) is 11.9 Å². The van der Waals surface area contributed by atoms with Crippen molar-refractivity contribution in [3.8, 4) is 0 Å². The average molecular weight is 239 g/mol. The summed E-state index contributed by atoms with van der Waals surface area (Å²) in [5.74, 6) is -0.766. The highest BCUT2D eigenvalue weighted by Crippen LogP contribution is 2.19. The van der Waals surface area contributed by atoms with E-state index in [1.165, 1.54) is 12.1 Å². The standard InChI is InChI=1S/C13H18FNO2/c1-10(11-4-3-5-12(14)8-11)15-9-13(2)16-6-7-17-13/h3-5,8,10,15H,6-7,9H2,1-2H3. The fraction of sp³-hybridized carbons (Fsp3) is 0.538. The summed E-state index contributed by atoms with van der Waals surface area (Å²) in [4.78, 5) is 0. The molecule has 1 fully saturated rings. The molecule has 1 unspecified atom stereocenters. The van der Waals surface area contributed by atoms with Crippen LogP contribution in [0.1, 0.15) is 25.5 Å². The minimum absolute atomic E-state index is 0.0651. The molecule has 1 aromatic carbocycles. The van der Waals surface area contributed by atoms with Crippen LogP contribution in [0.2, 0.25) is 0 Å². The molecule has 0 radical (unpaired) electrons. The van der Waals surface area contributed by atoms with Crippen LogP contribution in [-0.2, 0) is 9.47 Å². The lowest BCUT2D eigenvalue weighted by atomic mass is 10.1. The molecule has 1 aromatic rings. The Morgan fingerprint density at radius 3 is 2.76 bits per heavy atom. The number of nitrogens with one attached hydrogen (secondary N) is 1. The lowest BCUT2D eigenvalue weighted by Crippen LogP contribution is -2.39. The molecule has 1 saturated heterocycles. The molecule has 0 amide bonds. The van der Waals surface area contributed by atoms with Gasteiger partial charge >= 0.3 is 0 Å². The Bertz CT molecular complexity index is 377. The predicted molar refractivity (Wildman–Crippen MR) is 63.1 cm³/mol. The van der Waals surface area contributed by atoms with Crippen molar-refractivity contribution in [3.05, 3.63) is 35.6 Å². The molecular formula is C13H18FNO2. The summed E-state index contributed by atoms with van der Waals surface area (Å²) in [7, 11) is 0. The van der Waals surface area contributed by atoms with Crippen molar-refractivity contribution >= 4 is 0 Å². The van der Waals surface area contributed by atoms with E-state index in [0.29, 0.717) is 19.8 Å². The van der Waals surface area contributed by atoms with Crippen molar-refractivity contribution in [3.63, 3.8) is 0 Å². The normalized spacial score (nSPS) is 20.4. The van der Waals surface area contributed by atoms with E-state index in [1.807, 2.05) is 19.9 Å². The van der Waals surface area contributed by atoms with Crippen molar-refractivity contribution in [2.24, 2.45) is 0 Å². The van der Waals surface area contributed by atoms with Crippen LogP contribution in [0.4, 0.5) is 4.39 Å².